The number of aliphatic hydroxyl groups excluding tert-OH is 1. The minimum Gasteiger partial charge on any atom is -0.394 e. The second-order valence-electron chi connectivity index (χ2n) is 3.19. The van der Waals surface area contributed by atoms with Gasteiger partial charge < -0.3 is 10.0 Å². The summed E-state index contributed by atoms with van der Waals surface area (Å²) in [5, 5.41) is 8.84. The molecule has 0 spiro atoms. The average molecular weight is 157 g/mol. The molecule has 3 heteroatoms. The lowest BCUT2D eigenvalue weighted by Crippen LogP contribution is -2.40. The first-order valence-corrected chi connectivity index (χ1v) is 4.06. The number of rotatable bonds is 3. The van der Waals surface area contributed by atoms with Crippen molar-refractivity contribution in [2.45, 2.75) is 38.8 Å². The quantitative estimate of drug-likeness (QED) is 0.643. The summed E-state index contributed by atoms with van der Waals surface area (Å²) in [5.74, 6) is 0.0778. The Labute approximate surface area is 67.0 Å². The Bertz CT molecular complexity index is 154. The van der Waals surface area contributed by atoms with Gasteiger partial charge in [0.25, 0.3) is 0 Å². The van der Waals surface area contributed by atoms with Crippen LogP contribution in [-0.2, 0) is 4.79 Å². The molecule has 1 fully saturated rings. The van der Waals surface area contributed by atoms with Gasteiger partial charge in [-0.1, -0.05) is 0 Å². The zero-order valence-corrected chi connectivity index (χ0v) is 7.08. The molecule has 1 saturated carbocycles. The van der Waals surface area contributed by atoms with E-state index in [1.807, 2.05) is 6.92 Å². The van der Waals surface area contributed by atoms with E-state index in [9.17, 15) is 4.79 Å². The van der Waals surface area contributed by atoms with Gasteiger partial charge in [-0.05, 0) is 19.8 Å². The van der Waals surface area contributed by atoms with Gasteiger partial charge in [-0.2, -0.15) is 0 Å². The standard InChI is InChI=1S/C8H15NO2/c1-6(5-10)9(7(2)11)8-3-4-8/h6,8,10H,3-5H2,1-2H3/t6-/m0/s1. The fraction of sp³-hybridized carbons (Fsp3) is 0.875. The third-order valence-corrected chi connectivity index (χ3v) is 2.04. The van der Waals surface area contributed by atoms with E-state index < -0.39 is 0 Å². The Morgan fingerprint density at radius 3 is 2.55 bits per heavy atom. The predicted octanol–water partition coefficient (Wildman–Crippen LogP) is 0.378. The fourth-order valence-corrected chi connectivity index (χ4v) is 1.37. The van der Waals surface area contributed by atoms with Gasteiger partial charge >= 0.3 is 0 Å². The van der Waals surface area contributed by atoms with Crippen LogP contribution in [0.5, 0.6) is 0 Å². The van der Waals surface area contributed by atoms with E-state index in [4.69, 9.17) is 5.11 Å². The van der Waals surface area contributed by atoms with Gasteiger partial charge in [0.2, 0.25) is 5.91 Å². The van der Waals surface area contributed by atoms with Gasteiger partial charge in [0.15, 0.2) is 0 Å². The Balaban J connectivity index is 2.50. The van der Waals surface area contributed by atoms with E-state index in [0.29, 0.717) is 6.04 Å². The summed E-state index contributed by atoms with van der Waals surface area (Å²) >= 11 is 0. The largest absolute Gasteiger partial charge is 0.394 e. The van der Waals surface area contributed by atoms with Crippen molar-refractivity contribution in [2.24, 2.45) is 0 Å². The van der Waals surface area contributed by atoms with E-state index in [-0.39, 0.29) is 18.6 Å². The number of nitrogens with zero attached hydrogens (tertiary/aromatic N) is 1. The van der Waals surface area contributed by atoms with Gasteiger partial charge in [0.05, 0.1) is 12.6 Å². The van der Waals surface area contributed by atoms with Crippen molar-refractivity contribution in [1.29, 1.82) is 0 Å². The minimum absolute atomic E-state index is 0.0139. The van der Waals surface area contributed by atoms with Crippen LogP contribution in [0.15, 0.2) is 0 Å². The smallest absolute Gasteiger partial charge is 0.220 e. The van der Waals surface area contributed by atoms with E-state index in [2.05, 4.69) is 0 Å². The number of hydrogen-bond donors (Lipinski definition) is 1. The highest BCUT2D eigenvalue weighted by Gasteiger charge is 2.33. The Hall–Kier alpha value is -0.570. The lowest BCUT2D eigenvalue weighted by Gasteiger charge is -2.26. The van der Waals surface area contributed by atoms with Gasteiger partial charge in [0.1, 0.15) is 0 Å². The average Bonchev–Trinajstić information content (AvgIpc) is 2.71. The molecule has 1 aliphatic carbocycles. The SMILES string of the molecule is CC(=O)N(C1CC1)[C@@H](C)CO. The fourth-order valence-electron chi connectivity index (χ4n) is 1.37. The maximum Gasteiger partial charge on any atom is 0.220 e. The van der Waals surface area contributed by atoms with Gasteiger partial charge in [-0.3, -0.25) is 4.79 Å². The number of hydrogen-bond acceptors (Lipinski definition) is 2. The molecule has 0 saturated heterocycles. The third-order valence-electron chi connectivity index (χ3n) is 2.04. The monoisotopic (exact) mass is 157 g/mol. The van der Waals surface area contributed by atoms with Crippen LogP contribution in [0.2, 0.25) is 0 Å². The molecule has 0 bridgehead atoms. The summed E-state index contributed by atoms with van der Waals surface area (Å²) in [6.07, 6.45) is 2.20. The molecule has 0 aromatic carbocycles. The second kappa shape index (κ2) is 3.22. The highest BCUT2D eigenvalue weighted by molar-refractivity contribution is 5.74. The van der Waals surface area contributed by atoms with Crippen molar-refractivity contribution < 1.29 is 9.90 Å². The summed E-state index contributed by atoms with van der Waals surface area (Å²) in [4.78, 5) is 12.8. The van der Waals surface area contributed by atoms with Crippen molar-refractivity contribution in [3.8, 4) is 0 Å². The van der Waals surface area contributed by atoms with Crippen LogP contribution in [0, 0.1) is 0 Å². The zero-order valence-electron chi connectivity index (χ0n) is 7.08. The lowest BCUT2D eigenvalue weighted by molar-refractivity contribution is -0.132. The highest BCUT2D eigenvalue weighted by atomic mass is 16.3. The molecule has 1 N–H and O–H groups in total. The highest BCUT2D eigenvalue weighted by Crippen LogP contribution is 2.28. The maximum absolute atomic E-state index is 11.0. The third kappa shape index (κ3) is 1.93. The second-order valence-corrected chi connectivity index (χ2v) is 3.19. The van der Waals surface area contributed by atoms with Crippen molar-refractivity contribution in [2.75, 3.05) is 6.61 Å². The van der Waals surface area contributed by atoms with E-state index in [1.165, 1.54) is 0 Å². The van der Waals surface area contributed by atoms with Gasteiger partial charge in [0, 0.05) is 13.0 Å². The molecule has 0 radical (unpaired) electrons. The molecule has 0 unspecified atom stereocenters. The number of amides is 1. The molecular weight excluding hydrogens is 142 g/mol. The normalized spacial score (nSPS) is 19.5. The Morgan fingerprint density at radius 1 is 1.73 bits per heavy atom. The summed E-state index contributed by atoms with van der Waals surface area (Å²) < 4.78 is 0. The number of carbonyl (C=O) groups excluding carboxylic acids is 1. The topological polar surface area (TPSA) is 40.5 Å². The van der Waals surface area contributed by atoms with E-state index in [0.717, 1.165) is 12.8 Å². The van der Waals surface area contributed by atoms with E-state index >= 15 is 0 Å². The van der Waals surface area contributed by atoms with Crippen LogP contribution in [0.3, 0.4) is 0 Å². The molecular formula is C8H15NO2. The summed E-state index contributed by atoms with van der Waals surface area (Å²) in [6, 6.07) is 0.398. The van der Waals surface area contributed by atoms with Crippen LogP contribution in [0.4, 0.5) is 0 Å². The van der Waals surface area contributed by atoms with Crippen molar-refractivity contribution in [3.63, 3.8) is 0 Å². The predicted molar refractivity (Wildman–Crippen MR) is 42.1 cm³/mol. The van der Waals surface area contributed by atoms with Crippen LogP contribution in [-0.4, -0.2) is 34.6 Å². The first-order chi connectivity index (χ1) is 5.16. The van der Waals surface area contributed by atoms with Crippen LogP contribution in [0.1, 0.15) is 26.7 Å². The lowest BCUT2D eigenvalue weighted by atomic mass is 10.3. The minimum atomic E-state index is -0.0139. The molecule has 0 aromatic rings. The summed E-state index contributed by atoms with van der Waals surface area (Å²) in [6.45, 7) is 3.50. The number of aliphatic hydroxyl groups is 1. The molecule has 3 nitrogen and oxygen atoms in total. The van der Waals surface area contributed by atoms with Crippen molar-refractivity contribution in [1.82, 2.24) is 4.90 Å². The summed E-state index contributed by atoms with van der Waals surface area (Å²) in [5.41, 5.74) is 0. The first-order valence-electron chi connectivity index (χ1n) is 4.06. The van der Waals surface area contributed by atoms with Crippen LogP contribution < -0.4 is 0 Å². The molecule has 0 aliphatic heterocycles. The first kappa shape index (κ1) is 8.53. The molecule has 1 aliphatic rings. The van der Waals surface area contributed by atoms with Crippen LogP contribution in [0.25, 0.3) is 0 Å². The Kier molecular flexibility index (Phi) is 2.49. The molecule has 0 heterocycles. The molecule has 1 amide bonds. The van der Waals surface area contributed by atoms with Crippen molar-refractivity contribution >= 4 is 5.91 Å². The Morgan fingerprint density at radius 2 is 2.27 bits per heavy atom. The van der Waals surface area contributed by atoms with Gasteiger partial charge in [-0.25, -0.2) is 0 Å². The zero-order chi connectivity index (χ0) is 8.43. The summed E-state index contributed by atoms with van der Waals surface area (Å²) in [7, 11) is 0. The van der Waals surface area contributed by atoms with Gasteiger partial charge in [-0.15, -0.1) is 0 Å². The van der Waals surface area contributed by atoms with Crippen molar-refractivity contribution in [3.05, 3.63) is 0 Å². The molecule has 1 atom stereocenters. The van der Waals surface area contributed by atoms with Crippen LogP contribution >= 0.6 is 0 Å². The molecule has 1 rings (SSSR count). The van der Waals surface area contributed by atoms with E-state index in [1.54, 1.807) is 11.8 Å². The maximum atomic E-state index is 11.0. The number of carbonyl (C=O) groups is 1. The molecule has 64 valence electrons. The molecule has 11 heavy (non-hydrogen) atoms. The molecule has 0 aromatic heterocycles.